The average Bonchev–Trinajstić information content (AvgIpc) is 3.23. The van der Waals surface area contributed by atoms with Gasteiger partial charge in [-0.2, -0.15) is 0 Å². The van der Waals surface area contributed by atoms with Crippen LogP contribution in [0.25, 0.3) is 0 Å². The highest BCUT2D eigenvalue weighted by atomic mass is 16.5. The number of nitrogens with zero attached hydrogens (tertiary/aromatic N) is 1. The van der Waals surface area contributed by atoms with Gasteiger partial charge in [0.25, 0.3) is 0 Å². The quantitative estimate of drug-likeness (QED) is 0.568. The molecule has 20 heavy (non-hydrogen) atoms. The van der Waals surface area contributed by atoms with E-state index < -0.39 is 0 Å². The minimum Gasteiger partial charge on any atom is -0.494 e. The molecule has 3 rings (SSSR count). The zero-order chi connectivity index (χ0) is 13.8. The standard InChI is InChI=1S/C17H19NO2/c19-17(14-7-8-14)15-9-11-18(13-15)10-4-12-20-16-5-2-1-3-6-16/h1-3,5-6,9,11,13-14H,4,7-8,10,12H2. The molecule has 1 saturated carbocycles. The van der Waals surface area contributed by atoms with Gasteiger partial charge >= 0.3 is 0 Å². The van der Waals surface area contributed by atoms with E-state index in [0.29, 0.717) is 18.3 Å². The molecule has 1 heterocycles. The van der Waals surface area contributed by atoms with Crippen LogP contribution in [0.3, 0.4) is 0 Å². The largest absolute Gasteiger partial charge is 0.494 e. The normalized spacial score (nSPS) is 14.2. The van der Waals surface area contributed by atoms with Crippen molar-refractivity contribution in [3.05, 3.63) is 54.4 Å². The molecule has 0 saturated heterocycles. The summed E-state index contributed by atoms with van der Waals surface area (Å²) in [6.07, 6.45) is 7.01. The lowest BCUT2D eigenvalue weighted by Crippen LogP contribution is -2.04. The lowest BCUT2D eigenvalue weighted by Gasteiger charge is -2.06. The predicted octanol–water partition coefficient (Wildman–Crippen LogP) is 3.55. The number of hydrogen-bond donors (Lipinski definition) is 0. The first-order chi connectivity index (χ1) is 9.83. The number of ketones is 1. The molecule has 3 heteroatoms. The number of carbonyl (C=O) groups excluding carboxylic acids is 1. The molecule has 0 aliphatic heterocycles. The van der Waals surface area contributed by atoms with E-state index in [1.807, 2.05) is 48.8 Å². The Morgan fingerprint density at radius 1 is 1.20 bits per heavy atom. The molecule has 0 radical (unpaired) electrons. The summed E-state index contributed by atoms with van der Waals surface area (Å²) in [6.45, 7) is 1.57. The van der Waals surface area contributed by atoms with E-state index in [1.165, 1.54) is 0 Å². The van der Waals surface area contributed by atoms with Gasteiger partial charge in [-0.25, -0.2) is 0 Å². The molecule has 1 aliphatic carbocycles. The first kappa shape index (κ1) is 13.0. The summed E-state index contributed by atoms with van der Waals surface area (Å²) < 4.78 is 7.72. The van der Waals surface area contributed by atoms with Gasteiger partial charge in [0.1, 0.15) is 5.75 Å². The van der Waals surface area contributed by atoms with Crippen LogP contribution in [0.5, 0.6) is 5.75 Å². The monoisotopic (exact) mass is 269 g/mol. The highest BCUT2D eigenvalue weighted by molar-refractivity contribution is 5.99. The van der Waals surface area contributed by atoms with Crippen LogP contribution < -0.4 is 4.74 Å². The topological polar surface area (TPSA) is 31.2 Å². The first-order valence-electron chi connectivity index (χ1n) is 7.21. The van der Waals surface area contributed by atoms with Crippen LogP contribution >= 0.6 is 0 Å². The Hall–Kier alpha value is -2.03. The number of Topliss-reactive ketones (excluding diaryl/α,β-unsaturated/α-hetero) is 1. The Morgan fingerprint density at radius 2 is 2.00 bits per heavy atom. The van der Waals surface area contributed by atoms with Crippen molar-refractivity contribution in [2.45, 2.75) is 25.8 Å². The van der Waals surface area contributed by atoms with Gasteiger partial charge in [0, 0.05) is 30.4 Å². The summed E-state index contributed by atoms with van der Waals surface area (Å²) in [7, 11) is 0. The first-order valence-corrected chi connectivity index (χ1v) is 7.21. The summed E-state index contributed by atoms with van der Waals surface area (Å²) in [6, 6.07) is 11.8. The average molecular weight is 269 g/mol. The predicted molar refractivity (Wildman–Crippen MR) is 78.0 cm³/mol. The van der Waals surface area contributed by atoms with Crippen molar-refractivity contribution in [3.63, 3.8) is 0 Å². The third-order valence-electron chi connectivity index (χ3n) is 3.56. The maximum Gasteiger partial charge on any atom is 0.167 e. The Kier molecular flexibility index (Phi) is 3.86. The molecule has 1 fully saturated rings. The maximum absolute atomic E-state index is 11.9. The number of para-hydroxylation sites is 1. The number of benzene rings is 1. The maximum atomic E-state index is 11.9. The Balaban J connectivity index is 1.43. The number of aryl methyl sites for hydroxylation is 1. The Labute approximate surface area is 119 Å². The second kappa shape index (κ2) is 5.95. The van der Waals surface area contributed by atoms with Crippen molar-refractivity contribution in [3.8, 4) is 5.75 Å². The number of hydrogen-bond acceptors (Lipinski definition) is 2. The van der Waals surface area contributed by atoms with Crippen molar-refractivity contribution in [2.75, 3.05) is 6.61 Å². The molecule has 3 nitrogen and oxygen atoms in total. The lowest BCUT2D eigenvalue weighted by atomic mass is 10.1. The van der Waals surface area contributed by atoms with Crippen LogP contribution in [0.2, 0.25) is 0 Å². The van der Waals surface area contributed by atoms with Crippen LogP contribution in [-0.4, -0.2) is 17.0 Å². The summed E-state index contributed by atoms with van der Waals surface area (Å²) in [5, 5.41) is 0. The summed E-state index contributed by atoms with van der Waals surface area (Å²) >= 11 is 0. The van der Waals surface area contributed by atoms with Crippen LogP contribution in [0.15, 0.2) is 48.8 Å². The van der Waals surface area contributed by atoms with Gasteiger partial charge in [0.2, 0.25) is 0 Å². The van der Waals surface area contributed by atoms with Crippen LogP contribution in [-0.2, 0) is 6.54 Å². The molecule has 2 aromatic rings. The van der Waals surface area contributed by atoms with Crippen LogP contribution in [0, 0.1) is 5.92 Å². The summed E-state index contributed by atoms with van der Waals surface area (Å²) in [5.74, 6) is 1.51. The molecule has 104 valence electrons. The molecular formula is C17H19NO2. The smallest absolute Gasteiger partial charge is 0.167 e. The van der Waals surface area contributed by atoms with Crippen LogP contribution in [0.4, 0.5) is 0 Å². The fourth-order valence-corrected chi connectivity index (χ4v) is 2.26. The van der Waals surface area contributed by atoms with Crippen LogP contribution in [0.1, 0.15) is 29.6 Å². The SMILES string of the molecule is O=C(c1ccn(CCCOc2ccccc2)c1)C1CC1. The van der Waals surface area contributed by atoms with Gasteiger partial charge in [0.05, 0.1) is 6.61 Å². The molecule has 0 spiro atoms. The fourth-order valence-electron chi connectivity index (χ4n) is 2.26. The fraction of sp³-hybridized carbons (Fsp3) is 0.353. The van der Waals surface area contributed by atoms with E-state index in [9.17, 15) is 4.79 Å². The van der Waals surface area contributed by atoms with Gasteiger partial charge in [-0.1, -0.05) is 18.2 Å². The zero-order valence-electron chi connectivity index (χ0n) is 11.5. The van der Waals surface area contributed by atoms with Gasteiger partial charge in [0.15, 0.2) is 5.78 Å². The van der Waals surface area contributed by atoms with Gasteiger partial charge in [-0.3, -0.25) is 4.79 Å². The molecule has 0 unspecified atom stereocenters. The van der Waals surface area contributed by atoms with E-state index in [2.05, 4.69) is 4.57 Å². The molecular weight excluding hydrogens is 250 g/mol. The van der Waals surface area contributed by atoms with Crippen molar-refractivity contribution >= 4 is 5.78 Å². The van der Waals surface area contributed by atoms with E-state index in [1.54, 1.807) is 0 Å². The highest BCUT2D eigenvalue weighted by Gasteiger charge is 2.30. The van der Waals surface area contributed by atoms with Gasteiger partial charge in [-0.05, 0) is 37.5 Å². The number of ether oxygens (including phenoxy) is 1. The van der Waals surface area contributed by atoms with E-state index >= 15 is 0 Å². The molecule has 1 aromatic carbocycles. The van der Waals surface area contributed by atoms with Gasteiger partial charge in [-0.15, -0.1) is 0 Å². The number of aromatic nitrogens is 1. The summed E-state index contributed by atoms with van der Waals surface area (Å²) in [5.41, 5.74) is 0.858. The van der Waals surface area contributed by atoms with Crippen molar-refractivity contribution in [1.29, 1.82) is 0 Å². The second-order valence-electron chi connectivity index (χ2n) is 5.29. The Bertz CT molecular complexity index is 570. The molecule has 0 bridgehead atoms. The van der Waals surface area contributed by atoms with Gasteiger partial charge < -0.3 is 9.30 Å². The minimum absolute atomic E-state index is 0.298. The molecule has 0 N–H and O–H groups in total. The third-order valence-corrected chi connectivity index (χ3v) is 3.56. The molecule has 1 aromatic heterocycles. The van der Waals surface area contributed by atoms with Crippen molar-refractivity contribution in [2.24, 2.45) is 5.92 Å². The zero-order valence-corrected chi connectivity index (χ0v) is 11.5. The van der Waals surface area contributed by atoms with E-state index in [4.69, 9.17) is 4.74 Å². The van der Waals surface area contributed by atoms with Crippen molar-refractivity contribution in [1.82, 2.24) is 4.57 Å². The summed E-state index contributed by atoms with van der Waals surface area (Å²) in [4.78, 5) is 11.9. The lowest BCUT2D eigenvalue weighted by molar-refractivity contribution is 0.0967. The van der Waals surface area contributed by atoms with Crippen molar-refractivity contribution < 1.29 is 9.53 Å². The second-order valence-corrected chi connectivity index (χ2v) is 5.29. The number of rotatable bonds is 7. The molecule has 0 atom stereocenters. The van der Waals surface area contributed by atoms with E-state index in [-0.39, 0.29) is 0 Å². The third kappa shape index (κ3) is 3.29. The van der Waals surface area contributed by atoms with E-state index in [0.717, 1.165) is 37.1 Å². The number of carbonyl (C=O) groups is 1. The molecule has 1 aliphatic rings. The molecule has 0 amide bonds. The highest BCUT2D eigenvalue weighted by Crippen LogP contribution is 2.32. The minimum atomic E-state index is 0.298. The Morgan fingerprint density at radius 3 is 2.75 bits per heavy atom.